The van der Waals surface area contributed by atoms with Gasteiger partial charge in [-0.3, -0.25) is 9.69 Å². The minimum atomic E-state index is -0.0141. The molecule has 2 aromatic rings. The smallest absolute Gasteiger partial charge is 0.222 e. The summed E-state index contributed by atoms with van der Waals surface area (Å²) in [6, 6.07) is 4.03. The van der Waals surface area contributed by atoms with Gasteiger partial charge in [0.25, 0.3) is 0 Å². The first-order valence-electron chi connectivity index (χ1n) is 9.15. The van der Waals surface area contributed by atoms with Gasteiger partial charge in [0.15, 0.2) is 0 Å². The molecule has 2 N–H and O–H groups in total. The molecule has 0 saturated carbocycles. The molecule has 0 aliphatic carbocycles. The highest BCUT2D eigenvalue weighted by atomic mass is 16.3. The van der Waals surface area contributed by atoms with Crippen molar-refractivity contribution in [2.75, 3.05) is 25.0 Å². The van der Waals surface area contributed by atoms with Crippen LogP contribution in [-0.2, 0) is 11.3 Å². The maximum atomic E-state index is 11.6. The minimum absolute atomic E-state index is 0.0141. The Balaban J connectivity index is 1.66. The first kappa shape index (κ1) is 18.4. The molecule has 0 aromatic carbocycles. The number of aryl methyl sites for hydroxylation is 1. The Morgan fingerprint density at radius 3 is 2.69 bits per heavy atom. The third kappa shape index (κ3) is 4.60. The van der Waals surface area contributed by atoms with E-state index in [0.717, 1.165) is 49.7 Å². The van der Waals surface area contributed by atoms with E-state index in [1.807, 2.05) is 31.5 Å². The van der Waals surface area contributed by atoms with Crippen LogP contribution in [0.25, 0.3) is 0 Å². The first-order valence-corrected chi connectivity index (χ1v) is 9.15. The number of hydrogen-bond acceptors (Lipinski definition) is 6. The molecule has 0 bridgehead atoms. The SMILES string of the molecule is CCCNc1ncc(CN2C[C@H](NC(C)=O)[C@@H](c3ccc(C)o3)C2)cn1. The normalized spacial score (nSPS) is 20.3. The van der Waals surface area contributed by atoms with Gasteiger partial charge in [0.05, 0.1) is 12.0 Å². The van der Waals surface area contributed by atoms with Gasteiger partial charge < -0.3 is 15.1 Å². The molecule has 0 spiro atoms. The standard InChI is InChI=1S/C19H27N5O2/c1-4-7-20-19-21-8-15(9-22-19)10-24-11-16(17(12-24)23-14(3)25)18-6-5-13(2)26-18/h5-6,8-9,16-17H,4,7,10-12H2,1-3H3,(H,23,25)(H,20,21,22)/t16-,17-/m0/s1. The monoisotopic (exact) mass is 357 g/mol. The van der Waals surface area contributed by atoms with Crippen molar-refractivity contribution in [3.63, 3.8) is 0 Å². The van der Waals surface area contributed by atoms with Gasteiger partial charge >= 0.3 is 0 Å². The van der Waals surface area contributed by atoms with Gasteiger partial charge in [0.1, 0.15) is 11.5 Å². The number of furan rings is 1. The molecule has 1 aliphatic rings. The van der Waals surface area contributed by atoms with E-state index in [1.54, 1.807) is 6.92 Å². The summed E-state index contributed by atoms with van der Waals surface area (Å²) in [5.41, 5.74) is 1.06. The number of anilines is 1. The van der Waals surface area contributed by atoms with Gasteiger partial charge in [-0.1, -0.05) is 6.92 Å². The Hall–Kier alpha value is -2.41. The first-order chi connectivity index (χ1) is 12.5. The van der Waals surface area contributed by atoms with Crippen molar-refractivity contribution in [1.82, 2.24) is 20.2 Å². The molecule has 2 atom stereocenters. The highest BCUT2D eigenvalue weighted by molar-refractivity contribution is 5.73. The van der Waals surface area contributed by atoms with Crippen molar-refractivity contribution in [2.24, 2.45) is 0 Å². The summed E-state index contributed by atoms with van der Waals surface area (Å²) in [7, 11) is 0. The number of rotatable bonds is 7. The summed E-state index contributed by atoms with van der Waals surface area (Å²) >= 11 is 0. The van der Waals surface area contributed by atoms with Crippen molar-refractivity contribution in [3.05, 3.63) is 41.6 Å². The highest BCUT2D eigenvalue weighted by Crippen LogP contribution is 2.30. The molecular formula is C19H27N5O2. The molecule has 7 heteroatoms. The highest BCUT2D eigenvalue weighted by Gasteiger charge is 2.36. The molecule has 1 aliphatic heterocycles. The average molecular weight is 357 g/mol. The number of hydrogen-bond donors (Lipinski definition) is 2. The molecule has 0 unspecified atom stereocenters. The summed E-state index contributed by atoms with van der Waals surface area (Å²) in [5.74, 6) is 2.62. The van der Waals surface area contributed by atoms with Crippen LogP contribution in [0.1, 0.15) is 43.3 Å². The van der Waals surface area contributed by atoms with E-state index in [0.29, 0.717) is 5.95 Å². The van der Waals surface area contributed by atoms with Crippen molar-refractivity contribution in [1.29, 1.82) is 0 Å². The molecule has 0 radical (unpaired) electrons. The Labute approximate surface area is 154 Å². The number of likely N-dealkylation sites (tertiary alicyclic amines) is 1. The van der Waals surface area contributed by atoms with E-state index in [-0.39, 0.29) is 17.9 Å². The predicted molar refractivity (Wildman–Crippen MR) is 99.9 cm³/mol. The van der Waals surface area contributed by atoms with Crippen LogP contribution in [0.15, 0.2) is 28.9 Å². The number of carbonyl (C=O) groups excluding carboxylic acids is 1. The molecule has 1 amide bonds. The molecule has 140 valence electrons. The summed E-state index contributed by atoms with van der Waals surface area (Å²) in [6.07, 6.45) is 4.77. The fraction of sp³-hybridized carbons (Fsp3) is 0.526. The quantitative estimate of drug-likeness (QED) is 0.791. The summed E-state index contributed by atoms with van der Waals surface area (Å²) in [6.45, 7) is 8.83. The van der Waals surface area contributed by atoms with E-state index >= 15 is 0 Å². The van der Waals surface area contributed by atoms with E-state index in [2.05, 4.69) is 32.4 Å². The Morgan fingerprint density at radius 1 is 1.31 bits per heavy atom. The molecule has 3 heterocycles. The van der Waals surface area contributed by atoms with Crippen molar-refractivity contribution in [2.45, 2.75) is 45.7 Å². The predicted octanol–water partition coefficient (Wildman–Crippen LogP) is 2.30. The molecule has 1 fully saturated rings. The van der Waals surface area contributed by atoms with Crippen molar-refractivity contribution < 1.29 is 9.21 Å². The zero-order valence-corrected chi connectivity index (χ0v) is 15.7. The van der Waals surface area contributed by atoms with Gasteiger partial charge in [0.2, 0.25) is 11.9 Å². The van der Waals surface area contributed by atoms with Gasteiger partial charge in [-0.05, 0) is 25.5 Å². The summed E-state index contributed by atoms with van der Waals surface area (Å²) < 4.78 is 5.82. The van der Waals surface area contributed by atoms with Crippen LogP contribution in [0.5, 0.6) is 0 Å². The van der Waals surface area contributed by atoms with Crippen LogP contribution in [0.2, 0.25) is 0 Å². The molecule has 7 nitrogen and oxygen atoms in total. The molecule has 3 rings (SSSR count). The van der Waals surface area contributed by atoms with Crippen LogP contribution in [0.4, 0.5) is 5.95 Å². The summed E-state index contributed by atoms with van der Waals surface area (Å²) in [5, 5.41) is 6.24. The lowest BCUT2D eigenvalue weighted by atomic mass is 10.0. The zero-order valence-electron chi connectivity index (χ0n) is 15.7. The van der Waals surface area contributed by atoms with E-state index in [4.69, 9.17) is 4.42 Å². The molecular weight excluding hydrogens is 330 g/mol. The minimum Gasteiger partial charge on any atom is -0.466 e. The number of aromatic nitrogens is 2. The fourth-order valence-corrected chi connectivity index (χ4v) is 3.39. The number of amides is 1. The maximum absolute atomic E-state index is 11.6. The van der Waals surface area contributed by atoms with Crippen molar-refractivity contribution in [3.8, 4) is 0 Å². The van der Waals surface area contributed by atoms with Crippen LogP contribution in [0.3, 0.4) is 0 Å². The van der Waals surface area contributed by atoms with Gasteiger partial charge in [-0.25, -0.2) is 9.97 Å². The average Bonchev–Trinajstić information content (AvgIpc) is 3.20. The number of nitrogens with zero attached hydrogens (tertiary/aromatic N) is 3. The van der Waals surface area contributed by atoms with Gasteiger partial charge in [-0.15, -0.1) is 0 Å². The Bertz CT molecular complexity index is 728. The largest absolute Gasteiger partial charge is 0.466 e. The Morgan fingerprint density at radius 2 is 2.08 bits per heavy atom. The Kier molecular flexibility index (Phi) is 5.88. The van der Waals surface area contributed by atoms with Gasteiger partial charge in [0, 0.05) is 51.1 Å². The summed E-state index contributed by atoms with van der Waals surface area (Å²) in [4.78, 5) is 22.6. The van der Waals surface area contributed by atoms with Gasteiger partial charge in [-0.2, -0.15) is 0 Å². The lowest BCUT2D eigenvalue weighted by Crippen LogP contribution is -2.38. The van der Waals surface area contributed by atoms with Crippen LogP contribution >= 0.6 is 0 Å². The number of nitrogens with one attached hydrogen (secondary N) is 2. The second-order valence-corrected chi connectivity index (χ2v) is 6.90. The van der Waals surface area contributed by atoms with Crippen molar-refractivity contribution >= 4 is 11.9 Å². The third-order valence-electron chi connectivity index (χ3n) is 4.56. The lowest BCUT2D eigenvalue weighted by Gasteiger charge is -2.17. The van der Waals surface area contributed by atoms with Crippen LogP contribution in [0, 0.1) is 6.92 Å². The zero-order chi connectivity index (χ0) is 18.5. The van der Waals surface area contributed by atoms with E-state index < -0.39 is 0 Å². The third-order valence-corrected chi connectivity index (χ3v) is 4.56. The fourth-order valence-electron chi connectivity index (χ4n) is 3.39. The second kappa shape index (κ2) is 8.31. The second-order valence-electron chi connectivity index (χ2n) is 6.90. The van der Waals surface area contributed by atoms with Crippen LogP contribution in [-0.4, -0.2) is 46.5 Å². The molecule has 1 saturated heterocycles. The van der Waals surface area contributed by atoms with E-state index in [9.17, 15) is 4.79 Å². The molecule has 26 heavy (non-hydrogen) atoms. The maximum Gasteiger partial charge on any atom is 0.222 e. The van der Waals surface area contributed by atoms with Crippen LogP contribution < -0.4 is 10.6 Å². The number of carbonyl (C=O) groups is 1. The topological polar surface area (TPSA) is 83.3 Å². The lowest BCUT2D eigenvalue weighted by molar-refractivity contribution is -0.119. The van der Waals surface area contributed by atoms with E-state index in [1.165, 1.54) is 0 Å². The molecule has 2 aromatic heterocycles.